The summed E-state index contributed by atoms with van der Waals surface area (Å²) in [4.78, 5) is 14.6. The number of aromatic nitrogens is 1. The maximum Gasteiger partial charge on any atom is 0.303 e. The number of sulfonamides is 1. The number of hydrogen-bond donors (Lipinski definition) is 3. The number of aryl methyl sites for hydroxylation is 1. The Morgan fingerprint density at radius 1 is 1.50 bits per heavy atom. The van der Waals surface area contributed by atoms with E-state index in [1.165, 1.54) is 11.3 Å². The highest BCUT2D eigenvalue weighted by Crippen LogP contribution is 2.15. The summed E-state index contributed by atoms with van der Waals surface area (Å²) >= 11 is 1.37. The first-order chi connectivity index (χ1) is 8.37. The van der Waals surface area contributed by atoms with Gasteiger partial charge in [0.25, 0.3) is 0 Å². The van der Waals surface area contributed by atoms with Crippen molar-refractivity contribution in [1.82, 2.24) is 9.71 Å². The molecule has 0 saturated heterocycles. The zero-order chi connectivity index (χ0) is 13.6. The third-order valence-corrected chi connectivity index (χ3v) is 3.49. The minimum absolute atomic E-state index is 0.0544. The summed E-state index contributed by atoms with van der Waals surface area (Å²) in [7, 11) is -3.16. The Balaban J connectivity index is 2.29. The molecule has 0 radical (unpaired) electrons. The molecule has 0 aliphatic rings. The smallest absolute Gasteiger partial charge is 0.303 e. The van der Waals surface area contributed by atoms with Gasteiger partial charge in [0.15, 0.2) is 5.13 Å². The van der Waals surface area contributed by atoms with Gasteiger partial charge in [0.1, 0.15) is 0 Å². The Labute approximate surface area is 109 Å². The van der Waals surface area contributed by atoms with Gasteiger partial charge in [-0.15, -0.1) is 11.3 Å². The van der Waals surface area contributed by atoms with E-state index in [1.807, 2.05) is 0 Å². The minimum Gasteiger partial charge on any atom is -0.481 e. The molecule has 0 aliphatic heterocycles. The summed E-state index contributed by atoms with van der Waals surface area (Å²) in [6, 6.07) is 0. The number of rotatable bonds is 8. The van der Waals surface area contributed by atoms with E-state index in [2.05, 4.69) is 15.0 Å². The molecule has 1 aromatic heterocycles. The van der Waals surface area contributed by atoms with Crippen molar-refractivity contribution in [2.24, 2.45) is 0 Å². The molecule has 0 aromatic carbocycles. The van der Waals surface area contributed by atoms with Gasteiger partial charge >= 0.3 is 5.97 Å². The average molecular weight is 293 g/mol. The van der Waals surface area contributed by atoms with Crippen LogP contribution in [0.3, 0.4) is 0 Å². The number of hydrogen-bond acceptors (Lipinski definition) is 6. The first kappa shape index (κ1) is 14.9. The lowest BCUT2D eigenvalue weighted by Crippen LogP contribution is -2.27. The van der Waals surface area contributed by atoms with E-state index in [4.69, 9.17) is 5.11 Å². The number of aliphatic carboxylic acids is 1. The van der Waals surface area contributed by atoms with Crippen LogP contribution in [0, 0.1) is 0 Å². The fraction of sp³-hybridized carbons (Fsp3) is 0.556. The normalized spacial score (nSPS) is 11.4. The van der Waals surface area contributed by atoms with Crippen LogP contribution in [0.1, 0.15) is 12.1 Å². The molecule has 0 fully saturated rings. The molecule has 3 N–H and O–H groups in total. The standard InChI is InChI=1S/C9H15N3O4S2/c1-18(15,16)11-5-4-10-9-12-7(6-17-9)2-3-8(13)14/h6,11H,2-5H2,1H3,(H,10,12)(H,13,14). The van der Waals surface area contributed by atoms with Crippen molar-refractivity contribution in [3.8, 4) is 0 Å². The van der Waals surface area contributed by atoms with Gasteiger partial charge in [0.05, 0.1) is 18.4 Å². The number of carboxylic acid groups (broad SMARTS) is 1. The van der Waals surface area contributed by atoms with Crippen molar-refractivity contribution >= 4 is 32.5 Å². The van der Waals surface area contributed by atoms with Crippen LogP contribution in [0.5, 0.6) is 0 Å². The highest BCUT2D eigenvalue weighted by Gasteiger charge is 2.04. The molecule has 0 aliphatic carbocycles. The Bertz CT molecular complexity index is 498. The molecule has 0 unspecified atom stereocenters. The second-order valence-electron chi connectivity index (χ2n) is 3.63. The lowest BCUT2D eigenvalue weighted by Gasteiger charge is -2.02. The fourth-order valence-corrected chi connectivity index (χ4v) is 2.39. The highest BCUT2D eigenvalue weighted by molar-refractivity contribution is 7.88. The lowest BCUT2D eigenvalue weighted by molar-refractivity contribution is -0.136. The maximum atomic E-state index is 10.8. The molecular formula is C9H15N3O4S2. The SMILES string of the molecule is CS(=O)(=O)NCCNc1nc(CCC(=O)O)cs1. The van der Waals surface area contributed by atoms with E-state index in [0.29, 0.717) is 18.1 Å². The summed E-state index contributed by atoms with van der Waals surface area (Å²) < 4.78 is 23.9. The van der Waals surface area contributed by atoms with Crippen LogP contribution in [0.2, 0.25) is 0 Å². The Morgan fingerprint density at radius 3 is 2.83 bits per heavy atom. The number of nitrogens with one attached hydrogen (secondary N) is 2. The molecule has 1 aromatic rings. The van der Waals surface area contributed by atoms with Crippen molar-refractivity contribution in [1.29, 1.82) is 0 Å². The van der Waals surface area contributed by atoms with E-state index in [9.17, 15) is 13.2 Å². The molecule has 18 heavy (non-hydrogen) atoms. The number of thiazole rings is 1. The van der Waals surface area contributed by atoms with Gasteiger partial charge in [0, 0.05) is 24.9 Å². The van der Waals surface area contributed by atoms with E-state index in [0.717, 1.165) is 11.9 Å². The molecule has 0 saturated carbocycles. The van der Waals surface area contributed by atoms with Crippen LogP contribution in [-0.4, -0.2) is 43.8 Å². The molecule has 0 spiro atoms. The molecule has 0 atom stereocenters. The molecule has 9 heteroatoms. The Hall–Kier alpha value is -1.19. The summed E-state index contributed by atoms with van der Waals surface area (Å²) in [6.45, 7) is 0.710. The van der Waals surface area contributed by atoms with Crippen LogP contribution in [-0.2, 0) is 21.2 Å². The largest absolute Gasteiger partial charge is 0.481 e. The quantitative estimate of drug-likeness (QED) is 0.588. The number of carbonyl (C=O) groups is 1. The van der Waals surface area contributed by atoms with Gasteiger partial charge in [-0.1, -0.05) is 0 Å². The third kappa shape index (κ3) is 6.52. The monoisotopic (exact) mass is 293 g/mol. The molecule has 7 nitrogen and oxygen atoms in total. The maximum absolute atomic E-state index is 10.8. The van der Waals surface area contributed by atoms with Gasteiger partial charge in [-0.05, 0) is 0 Å². The van der Waals surface area contributed by atoms with Crippen LogP contribution < -0.4 is 10.0 Å². The van der Waals surface area contributed by atoms with Crippen LogP contribution in [0.4, 0.5) is 5.13 Å². The summed E-state index contributed by atoms with van der Waals surface area (Å²) in [5, 5.41) is 13.9. The first-order valence-electron chi connectivity index (χ1n) is 5.21. The van der Waals surface area contributed by atoms with Gasteiger partial charge in [-0.25, -0.2) is 18.1 Å². The lowest BCUT2D eigenvalue weighted by atomic mass is 10.2. The second-order valence-corrected chi connectivity index (χ2v) is 6.32. The number of anilines is 1. The predicted octanol–water partition coefficient (Wildman–Crippen LogP) is 0.121. The molecule has 1 heterocycles. The third-order valence-electron chi connectivity index (χ3n) is 1.91. The van der Waals surface area contributed by atoms with Crippen molar-refractivity contribution in [3.05, 3.63) is 11.1 Å². The Kier molecular flexibility index (Phi) is 5.51. The van der Waals surface area contributed by atoms with E-state index in [-0.39, 0.29) is 13.0 Å². The Morgan fingerprint density at radius 2 is 2.22 bits per heavy atom. The van der Waals surface area contributed by atoms with Crippen LogP contribution in [0.25, 0.3) is 0 Å². The van der Waals surface area contributed by atoms with E-state index >= 15 is 0 Å². The molecular weight excluding hydrogens is 278 g/mol. The van der Waals surface area contributed by atoms with Crippen LogP contribution in [0.15, 0.2) is 5.38 Å². The molecule has 0 amide bonds. The molecule has 102 valence electrons. The fourth-order valence-electron chi connectivity index (χ4n) is 1.14. The number of nitrogens with zero attached hydrogens (tertiary/aromatic N) is 1. The van der Waals surface area contributed by atoms with E-state index in [1.54, 1.807) is 5.38 Å². The zero-order valence-electron chi connectivity index (χ0n) is 9.84. The number of carboxylic acids is 1. The van der Waals surface area contributed by atoms with Crippen LogP contribution >= 0.6 is 11.3 Å². The summed E-state index contributed by atoms with van der Waals surface area (Å²) in [6.07, 6.45) is 1.55. The minimum atomic E-state index is -3.16. The zero-order valence-corrected chi connectivity index (χ0v) is 11.5. The summed E-state index contributed by atoms with van der Waals surface area (Å²) in [5.41, 5.74) is 0.723. The predicted molar refractivity (Wildman–Crippen MR) is 69.4 cm³/mol. The van der Waals surface area contributed by atoms with Gasteiger partial charge < -0.3 is 10.4 Å². The second kappa shape index (κ2) is 6.66. The van der Waals surface area contributed by atoms with Crippen molar-refractivity contribution < 1.29 is 18.3 Å². The van der Waals surface area contributed by atoms with Crippen molar-refractivity contribution in [3.63, 3.8) is 0 Å². The highest BCUT2D eigenvalue weighted by atomic mass is 32.2. The van der Waals surface area contributed by atoms with Gasteiger partial charge in [0.2, 0.25) is 10.0 Å². The van der Waals surface area contributed by atoms with Crippen molar-refractivity contribution in [2.75, 3.05) is 24.7 Å². The molecule has 0 bridgehead atoms. The van der Waals surface area contributed by atoms with Gasteiger partial charge in [-0.2, -0.15) is 0 Å². The van der Waals surface area contributed by atoms with E-state index < -0.39 is 16.0 Å². The van der Waals surface area contributed by atoms with Gasteiger partial charge in [-0.3, -0.25) is 4.79 Å². The average Bonchev–Trinajstić information content (AvgIpc) is 2.68. The van der Waals surface area contributed by atoms with Crippen molar-refractivity contribution in [2.45, 2.75) is 12.8 Å². The first-order valence-corrected chi connectivity index (χ1v) is 7.98. The summed E-state index contributed by atoms with van der Waals surface area (Å²) in [5.74, 6) is -0.852. The molecule has 1 rings (SSSR count). The topological polar surface area (TPSA) is 108 Å².